The number of hydrogen-bond donors (Lipinski definition) is 0. The topological polar surface area (TPSA) is 85.4 Å². The summed E-state index contributed by atoms with van der Waals surface area (Å²) in [5, 5.41) is 20.3. The van der Waals surface area contributed by atoms with Crippen molar-refractivity contribution in [3.8, 4) is 17.6 Å². The second-order valence-corrected chi connectivity index (χ2v) is 4.96. The summed E-state index contributed by atoms with van der Waals surface area (Å²) in [7, 11) is 0. The highest BCUT2D eigenvalue weighted by Gasteiger charge is 2.16. The summed E-state index contributed by atoms with van der Waals surface area (Å²) in [6, 6.07) is 11.2. The second kappa shape index (κ2) is 7.47. The van der Waals surface area contributed by atoms with Gasteiger partial charge in [-0.1, -0.05) is 11.6 Å². The molecule has 0 aliphatic rings. The van der Waals surface area contributed by atoms with Crippen LogP contribution >= 0.6 is 11.6 Å². The summed E-state index contributed by atoms with van der Waals surface area (Å²) < 4.78 is 11.1. The Bertz CT molecular complexity index is 771. The molecule has 0 saturated heterocycles. The molecule has 0 unspecified atom stereocenters. The highest BCUT2D eigenvalue weighted by molar-refractivity contribution is 6.30. The number of nitriles is 1. The smallest absolute Gasteiger partial charge is 0.277 e. The van der Waals surface area contributed by atoms with Gasteiger partial charge >= 0.3 is 0 Å². The molecule has 23 heavy (non-hydrogen) atoms. The lowest BCUT2D eigenvalue weighted by Gasteiger charge is -2.12. The van der Waals surface area contributed by atoms with Gasteiger partial charge < -0.3 is 9.47 Å². The Balaban J connectivity index is 2.24. The number of nitro groups is 1. The zero-order chi connectivity index (χ0) is 16.8. The Morgan fingerprint density at radius 3 is 2.65 bits per heavy atom. The molecule has 0 amide bonds. The number of nitro benzene ring substituents is 1. The zero-order valence-corrected chi connectivity index (χ0v) is 13.0. The first kappa shape index (κ1) is 16.6. The van der Waals surface area contributed by atoms with E-state index < -0.39 is 4.92 Å². The van der Waals surface area contributed by atoms with E-state index in [2.05, 4.69) is 0 Å². The van der Waals surface area contributed by atoms with Crippen LogP contribution in [0.2, 0.25) is 5.02 Å². The quantitative estimate of drug-likeness (QED) is 0.587. The van der Waals surface area contributed by atoms with Crippen LogP contribution in [-0.2, 0) is 6.61 Å². The molecule has 0 aliphatic carbocycles. The summed E-state index contributed by atoms with van der Waals surface area (Å²) in [5.74, 6) is 0.832. The van der Waals surface area contributed by atoms with Crippen molar-refractivity contribution in [1.29, 1.82) is 5.26 Å². The zero-order valence-electron chi connectivity index (χ0n) is 12.3. The van der Waals surface area contributed by atoms with Gasteiger partial charge in [-0.25, -0.2) is 0 Å². The van der Waals surface area contributed by atoms with E-state index in [9.17, 15) is 10.1 Å². The maximum atomic E-state index is 11.1. The Hall–Kier alpha value is -2.78. The van der Waals surface area contributed by atoms with E-state index in [0.717, 1.165) is 0 Å². The first-order chi connectivity index (χ1) is 11.0. The van der Waals surface area contributed by atoms with Gasteiger partial charge in [-0.05, 0) is 31.2 Å². The molecule has 0 spiro atoms. The van der Waals surface area contributed by atoms with E-state index >= 15 is 0 Å². The lowest BCUT2D eigenvalue weighted by Crippen LogP contribution is -2.02. The number of rotatable bonds is 6. The predicted molar refractivity (Wildman–Crippen MR) is 84.8 cm³/mol. The van der Waals surface area contributed by atoms with E-state index in [-0.39, 0.29) is 17.3 Å². The molecule has 0 heterocycles. The lowest BCUT2D eigenvalue weighted by molar-refractivity contribution is -0.385. The van der Waals surface area contributed by atoms with Crippen molar-refractivity contribution in [3.05, 3.63) is 62.7 Å². The van der Waals surface area contributed by atoms with Crippen LogP contribution in [0.15, 0.2) is 36.4 Å². The van der Waals surface area contributed by atoms with E-state index in [4.69, 9.17) is 26.3 Å². The van der Waals surface area contributed by atoms with E-state index in [0.29, 0.717) is 29.2 Å². The highest BCUT2D eigenvalue weighted by Crippen LogP contribution is 2.30. The number of benzene rings is 2. The normalized spacial score (nSPS) is 9.96. The molecule has 2 aromatic carbocycles. The average molecular weight is 333 g/mol. The minimum absolute atomic E-state index is 0.0144. The van der Waals surface area contributed by atoms with Gasteiger partial charge in [-0.15, -0.1) is 0 Å². The van der Waals surface area contributed by atoms with E-state index in [1.807, 2.05) is 13.0 Å². The Morgan fingerprint density at radius 2 is 2.00 bits per heavy atom. The maximum absolute atomic E-state index is 11.1. The van der Waals surface area contributed by atoms with Crippen LogP contribution in [0.25, 0.3) is 0 Å². The SMILES string of the molecule is CCOc1cc(C#N)ccc1OCc1ccc(Cl)cc1[N+](=O)[O-]. The molecule has 0 radical (unpaired) electrons. The Labute approximate surface area is 138 Å². The largest absolute Gasteiger partial charge is 0.490 e. The summed E-state index contributed by atoms with van der Waals surface area (Å²) in [5.41, 5.74) is 0.730. The molecule has 118 valence electrons. The number of hydrogen-bond acceptors (Lipinski definition) is 5. The van der Waals surface area contributed by atoms with Crippen molar-refractivity contribution in [2.75, 3.05) is 6.61 Å². The molecule has 0 bridgehead atoms. The maximum Gasteiger partial charge on any atom is 0.277 e. The van der Waals surface area contributed by atoms with E-state index in [1.165, 1.54) is 6.07 Å². The monoisotopic (exact) mass is 332 g/mol. The van der Waals surface area contributed by atoms with Gasteiger partial charge in [0, 0.05) is 17.2 Å². The molecular formula is C16H13ClN2O4. The van der Waals surface area contributed by atoms with Gasteiger partial charge in [0.25, 0.3) is 5.69 Å². The summed E-state index contributed by atoms with van der Waals surface area (Å²) in [6.45, 7) is 2.21. The molecule has 0 atom stereocenters. The average Bonchev–Trinajstić information content (AvgIpc) is 2.54. The minimum atomic E-state index is -0.507. The first-order valence-corrected chi connectivity index (χ1v) is 7.15. The van der Waals surface area contributed by atoms with Crippen molar-refractivity contribution in [2.24, 2.45) is 0 Å². The van der Waals surface area contributed by atoms with Gasteiger partial charge in [0.05, 0.1) is 28.7 Å². The second-order valence-electron chi connectivity index (χ2n) is 4.53. The minimum Gasteiger partial charge on any atom is -0.490 e. The Kier molecular flexibility index (Phi) is 5.39. The molecule has 0 aliphatic heterocycles. The van der Waals surface area contributed by atoms with Gasteiger partial charge in [-0.3, -0.25) is 10.1 Å². The van der Waals surface area contributed by atoms with E-state index in [1.54, 1.807) is 30.3 Å². The van der Waals surface area contributed by atoms with Gasteiger partial charge in [0.1, 0.15) is 6.61 Å². The molecule has 6 nitrogen and oxygen atoms in total. The van der Waals surface area contributed by atoms with Crippen LogP contribution < -0.4 is 9.47 Å². The molecule has 2 aromatic rings. The summed E-state index contributed by atoms with van der Waals surface area (Å²) >= 11 is 5.78. The van der Waals surface area contributed by atoms with Crippen molar-refractivity contribution >= 4 is 17.3 Å². The van der Waals surface area contributed by atoms with Gasteiger partial charge in [-0.2, -0.15) is 5.26 Å². The molecule has 0 N–H and O–H groups in total. The van der Waals surface area contributed by atoms with Crippen LogP contribution in [0.5, 0.6) is 11.5 Å². The lowest BCUT2D eigenvalue weighted by atomic mass is 10.2. The summed E-state index contributed by atoms with van der Waals surface area (Å²) in [4.78, 5) is 10.6. The van der Waals surface area contributed by atoms with Crippen LogP contribution in [0.4, 0.5) is 5.69 Å². The van der Waals surface area contributed by atoms with Crippen LogP contribution in [0.3, 0.4) is 0 Å². The predicted octanol–water partition coefficient (Wildman–Crippen LogP) is 4.10. The van der Waals surface area contributed by atoms with Crippen molar-refractivity contribution in [3.63, 3.8) is 0 Å². The highest BCUT2D eigenvalue weighted by atomic mass is 35.5. The van der Waals surface area contributed by atoms with Crippen molar-refractivity contribution < 1.29 is 14.4 Å². The number of nitrogens with zero attached hydrogens (tertiary/aromatic N) is 2. The van der Waals surface area contributed by atoms with Crippen LogP contribution in [0, 0.1) is 21.4 Å². The van der Waals surface area contributed by atoms with Crippen LogP contribution in [0.1, 0.15) is 18.1 Å². The molecule has 2 rings (SSSR count). The first-order valence-electron chi connectivity index (χ1n) is 6.77. The molecule has 7 heteroatoms. The number of ether oxygens (including phenoxy) is 2. The third-order valence-corrected chi connectivity index (χ3v) is 3.23. The van der Waals surface area contributed by atoms with Crippen molar-refractivity contribution in [1.82, 2.24) is 0 Å². The molecule has 0 fully saturated rings. The number of halogens is 1. The van der Waals surface area contributed by atoms with Crippen LogP contribution in [-0.4, -0.2) is 11.5 Å². The third kappa shape index (κ3) is 4.11. The van der Waals surface area contributed by atoms with Gasteiger partial charge in [0.2, 0.25) is 0 Å². The van der Waals surface area contributed by atoms with Crippen molar-refractivity contribution in [2.45, 2.75) is 13.5 Å². The molecule has 0 aromatic heterocycles. The fourth-order valence-corrected chi connectivity index (χ4v) is 2.12. The Morgan fingerprint density at radius 1 is 1.22 bits per heavy atom. The fraction of sp³-hybridized carbons (Fsp3) is 0.188. The molecular weight excluding hydrogens is 320 g/mol. The standard InChI is InChI=1S/C16H13ClN2O4/c1-2-22-16-7-11(9-18)3-6-15(16)23-10-12-4-5-13(17)8-14(12)19(20)21/h3-8H,2,10H2,1H3. The van der Waals surface area contributed by atoms with Gasteiger partial charge in [0.15, 0.2) is 11.5 Å². The molecule has 0 saturated carbocycles. The third-order valence-electron chi connectivity index (χ3n) is 3.00. The summed E-state index contributed by atoms with van der Waals surface area (Å²) in [6.07, 6.45) is 0. The fourth-order valence-electron chi connectivity index (χ4n) is 1.95.